The maximum Gasteiger partial charge on any atom is 0.271 e. The van der Waals surface area contributed by atoms with Crippen molar-refractivity contribution in [2.75, 3.05) is 19.6 Å². The number of H-pyrrole nitrogens is 1. The standard InChI is InChI=1S/C23H24N4O2S/c1-2-10-24-22(29)23(9-12-27(16-23)21(28)19-8-11-25-26-19)15-17-5-3-6-18(14-17)20-7-4-13-30-20/h2-8,11,13-14H,1,9-10,12,15-16H2,(H,24,29)(H,25,26). The first kappa shape index (κ1) is 20.1. The molecule has 1 aromatic carbocycles. The number of likely N-dealkylation sites (tertiary alicyclic amines) is 1. The quantitative estimate of drug-likeness (QED) is 0.574. The fraction of sp³-hybridized carbons (Fsp3) is 0.261. The molecule has 2 N–H and O–H groups in total. The highest BCUT2D eigenvalue weighted by Crippen LogP contribution is 2.36. The summed E-state index contributed by atoms with van der Waals surface area (Å²) < 4.78 is 0. The van der Waals surface area contributed by atoms with Crippen LogP contribution in [0.2, 0.25) is 0 Å². The zero-order valence-electron chi connectivity index (χ0n) is 16.6. The van der Waals surface area contributed by atoms with Crippen molar-refractivity contribution >= 4 is 23.2 Å². The van der Waals surface area contributed by atoms with Crippen LogP contribution < -0.4 is 5.32 Å². The van der Waals surface area contributed by atoms with E-state index in [0.29, 0.717) is 38.2 Å². The number of nitrogens with one attached hydrogen (secondary N) is 2. The minimum absolute atomic E-state index is 0.0381. The van der Waals surface area contributed by atoms with E-state index in [-0.39, 0.29) is 11.8 Å². The van der Waals surface area contributed by atoms with Crippen LogP contribution in [0.4, 0.5) is 0 Å². The Hall–Kier alpha value is -3.19. The number of aromatic nitrogens is 2. The number of nitrogens with zero attached hydrogens (tertiary/aromatic N) is 2. The molecule has 2 amide bonds. The largest absolute Gasteiger partial charge is 0.352 e. The molecule has 0 saturated carbocycles. The number of aromatic amines is 1. The first-order valence-electron chi connectivity index (χ1n) is 9.92. The van der Waals surface area contributed by atoms with Gasteiger partial charge in [0.05, 0.1) is 5.41 Å². The van der Waals surface area contributed by atoms with Gasteiger partial charge in [-0.05, 0) is 41.5 Å². The predicted molar refractivity (Wildman–Crippen MR) is 118 cm³/mol. The summed E-state index contributed by atoms with van der Waals surface area (Å²) in [5.74, 6) is -0.165. The minimum atomic E-state index is -0.674. The summed E-state index contributed by atoms with van der Waals surface area (Å²) in [5.41, 5.74) is 2.00. The van der Waals surface area contributed by atoms with Crippen LogP contribution in [0.1, 0.15) is 22.5 Å². The first-order valence-corrected chi connectivity index (χ1v) is 10.8. The van der Waals surface area contributed by atoms with Crippen LogP contribution in [-0.2, 0) is 11.2 Å². The topological polar surface area (TPSA) is 78.1 Å². The van der Waals surface area contributed by atoms with Gasteiger partial charge < -0.3 is 10.2 Å². The average Bonchev–Trinajstić information content (AvgIpc) is 3.54. The molecule has 1 fully saturated rings. The molecule has 1 unspecified atom stereocenters. The van der Waals surface area contributed by atoms with Gasteiger partial charge >= 0.3 is 0 Å². The SMILES string of the molecule is C=CCNC(=O)C1(Cc2cccc(-c3cccs3)c2)CCN(C(=O)c2ccn[nH]2)C1. The van der Waals surface area contributed by atoms with E-state index < -0.39 is 5.41 Å². The molecule has 2 aromatic heterocycles. The summed E-state index contributed by atoms with van der Waals surface area (Å²) >= 11 is 1.69. The third-order valence-electron chi connectivity index (χ3n) is 5.54. The number of hydrogen-bond donors (Lipinski definition) is 2. The van der Waals surface area contributed by atoms with Gasteiger partial charge in [0.25, 0.3) is 5.91 Å². The van der Waals surface area contributed by atoms with E-state index in [2.05, 4.69) is 51.7 Å². The molecule has 3 aromatic rings. The molecule has 0 aliphatic carbocycles. The zero-order valence-corrected chi connectivity index (χ0v) is 17.5. The van der Waals surface area contributed by atoms with Gasteiger partial charge in [-0.15, -0.1) is 17.9 Å². The van der Waals surface area contributed by atoms with Gasteiger partial charge in [0.2, 0.25) is 5.91 Å². The number of amides is 2. The van der Waals surface area contributed by atoms with E-state index in [9.17, 15) is 9.59 Å². The summed E-state index contributed by atoms with van der Waals surface area (Å²) in [6.45, 7) is 5.00. The molecule has 6 nitrogen and oxygen atoms in total. The van der Waals surface area contributed by atoms with E-state index in [4.69, 9.17) is 0 Å². The molecule has 1 saturated heterocycles. The van der Waals surface area contributed by atoms with Crippen molar-refractivity contribution in [3.63, 3.8) is 0 Å². The second-order valence-electron chi connectivity index (χ2n) is 7.58. The van der Waals surface area contributed by atoms with Crippen molar-refractivity contribution in [1.82, 2.24) is 20.4 Å². The number of rotatable bonds is 7. The lowest BCUT2D eigenvalue weighted by Crippen LogP contribution is -2.45. The van der Waals surface area contributed by atoms with Crippen LogP contribution in [0.5, 0.6) is 0 Å². The number of hydrogen-bond acceptors (Lipinski definition) is 4. The van der Waals surface area contributed by atoms with Crippen molar-refractivity contribution in [2.45, 2.75) is 12.8 Å². The Morgan fingerprint density at radius 2 is 2.20 bits per heavy atom. The lowest BCUT2D eigenvalue weighted by Gasteiger charge is -2.28. The Labute approximate surface area is 179 Å². The highest BCUT2D eigenvalue weighted by Gasteiger charge is 2.46. The van der Waals surface area contributed by atoms with Crippen LogP contribution in [0, 0.1) is 5.41 Å². The molecule has 30 heavy (non-hydrogen) atoms. The van der Waals surface area contributed by atoms with Gasteiger partial charge in [0.1, 0.15) is 5.69 Å². The molecule has 0 radical (unpaired) electrons. The highest BCUT2D eigenvalue weighted by atomic mass is 32.1. The number of benzene rings is 1. The molecule has 0 spiro atoms. The van der Waals surface area contributed by atoms with Crippen molar-refractivity contribution in [3.05, 3.63) is 78.0 Å². The van der Waals surface area contributed by atoms with Crippen LogP contribution in [0.3, 0.4) is 0 Å². The maximum absolute atomic E-state index is 13.2. The van der Waals surface area contributed by atoms with Gasteiger partial charge in [-0.25, -0.2) is 0 Å². The maximum atomic E-state index is 13.2. The summed E-state index contributed by atoms with van der Waals surface area (Å²) in [5, 5.41) is 11.6. The first-order chi connectivity index (χ1) is 14.6. The number of carbonyl (C=O) groups excluding carboxylic acids is 2. The second-order valence-corrected chi connectivity index (χ2v) is 8.53. The highest BCUT2D eigenvalue weighted by molar-refractivity contribution is 7.13. The molecule has 154 valence electrons. The van der Waals surface area contributed by atoms with Crippen LogP contribution >= 0.6 is 11.3 Å². The van der Waals surface area contributed by atoms with Gasteiger partial charge in [-0.3, -0.25) is 14.7 Å². The molecule has 1 aliphatic heterocycles. The lowest BCUT2D eigenvalue weighted by atomic mass is 9.79. The summed E-state index contributed by atoms with van der Waals surface area (Å²) in [6, 6.07) is 14.1. The molecule has 0 bridgehead atoms. The Morgan fingerprint density at radius 1 is 1.30 bits per heavy atom. The van der Waals surface area contributed by atoms with Crippen molar-refractivity contribution < 1.29 is 9.59 Å². The molecule has 1 aliphatic rings. The van der Waals surface area contributed by atoms with Crippen molar-refractivity contribution in [1.29, 1.82) is 0 Å². The molecule has 7 heteroatoms. The fourth-order valence-electron chi connectivity index (χ4n) is 4.02. The number of thiophene rings is 1. The van der Waals surface area contributed by atoms with Gasteiger partial charge in [0.15, 0.2) is 0 Å². The molecule has 3 heterocycles. The number of carbonyl (C=O) groups is 2. The smallest absolute Gasteiger partial charge is 0.271 e. The summed E-state index contributed by atoms with van der Waals surface area (Å²) in [4.78, 5) is 28.9. The Bertz CT molecular complexity index is 1030. The zero-order chi connectivity index (χ0) is 21.0. The minimum Gasteiger partial charge on any atom is -0.352 e. The lowest BCUT2D eigenvalue weighted by molar-refractivity contribution is -0.130. The predicted octanol–water partition coefficient (Wildman–Crippen LogP) is 3.52. The van der Waals surface area contributed by atoms with Crippen molar-refractivity contribution in [2.24, 2.45) is 5.41 Å². The molecule has 4 rings (SSSR count). The summed E-state index contributed by atoms with van der Waals surface area (Å²) in [7, 11) is 0. The Balaban J connectivity index is 1.59. The van der Waals surface area contributed by atoms with Crippen LogP contribution in [0.25, 0.3) is 10.4 Å². The Kier molecular flexibility index (Phi) is 5.81. The van der Waals surface area contributed by atoms with E-state index in [0.717, 1.165) is 11.1 Å². The average molecular weight is 421 g/mol. The molecule has 1 atom stereocenters. The second kappa shape index (κ2) is 8.67. The van der Waals surface area contributed by atoms with Crippen molar-refractivity contribution in [3.8, 4) is 10.4 Å². The van der Waals surface area contributed by atoms with Gasteiger partial charge in [-0.1, -0.05) is 36.4 Å². The van der Waals surface area contributed by atoms with Crippen LogP contribution in [-0.4, -0.2) is 46.5 Å². The third-order valence-corrected chi connectivity index (χ3v) is 6.45. The van der Waals surface area contributed by atoms with E-state index in [1.54, 1.807) is 34.6 Å². The van der Waals surface area contributed by atoms with Gasteiger partial charge in [-0.2, -0.15) is 5.10 Å². The third kappa shape index (κ3) is 4.07. The van der Waals surface area contributed by atoms with E-state index in [1.165, 1.54) is 4.88 Å². The monoisotopic (exact) mass is 420 g/mol. The van der Waals surface area contributed by atoms with Gasteiger partial charge in [0, 0.05) is 30.7 Å². The summed E-state index contributed by atoms with van der Waals surface area (Å²) in [6.07, 6.45) is 4.41. The van der Waals surface area contributed by atoms with Crippen LogP contribution in [0.15, 0.2) is 66.7 Å². The fourth-order valence-corrected chi connectivity index (χ4v) is 4.75. The van der Waals surface area contributed by atoms with E-state index >= 15 is 0 Å². The Morgan fingerprint density at radius 3 is 2.93 bits per heavy atom. The normalized spacial score (nSPS) is 18.3. The van der Waals surface area contributed by atoms with E-state index in [1.807, 2.05) is 12.1 Å². The molecular weight excluding hydrogens is 396 g/mol. The molecular formula is C23H24N4O2S.